The van der Waals surface area contributed by atoms with Gasteiger partial charge in [0.25, 0.3) is 5.91 Å². The molecule has 112 valence electrons. The van der Waals surface area contributed by atoms with Crippen LogP contribution in [0.4, 0.5) is 0 Å². The number of aryl methyl sites for hydroxylation is 1. The van der Waals surface area contributed by atoms with Crippen LogP contribution in [-0.4, -0.2) is 34.2 Å². The fourth-order valence-electron chi connectivity index (χ4n) is 2.31. The van der Waals surface area contributed by atoms with E-state index in [4.69, 9.17) is 5.73 Å². The SMILES string of the molecule is Cc1ccc(C(=O)NC2CCS(=O)CC2)c(C#CCN)c1. The third-order valence-electron chi connectivity index (χ3n) is 3.47. The summed E-state index contributed by atoms with van der Waals surface area (Å²) in [5.74, 6) is 6.96. The van der Waals surface area contributed by atoms with Gasteiger partial charge in [0.05, 0.1) is 12.1 Å². The average Bonchev–Trinajstić information content (AvgIpc) is 2.47. The van der Waals surface area contributed by atoms with Gasteiger partial charge in [-0.1, -0.05) is 17.9 Å². The maximum absolute atomic E-state index is 12.4. The summed E-state index contributed by atoms with van der Waals surface area (Å²) >= 11 is 0. The average molecular weight is 304 g/mol. The summed E-state index contributed by atoms with van der Waals surface area (Å²) in [6.45, 7) is 2.23. The minimum absolute atomic E-state index is 0.104. The monoisotopic (exact) mass is 304 g/mol. The fourth-order valence-corrected chi connectivity index (χ4v) is 3.61. The van der Waals surface area contributed by atoms with E-state index in [1.807, 2.05) is 19.1 Å². The number of nitrogens with one attached hydrogen (secondary N) is 1. The van der Waals surface area contributed by atoms with Crippen LogP contribution in [0.2, 0.25) is 0 Å². The quantitative estimate of drug-likeness (QED) is 0.799. The lowest BCUT2D eigenvalue weighted by Crippen LogP contribution is -2.39. The summed E-state index contributed by atoms with van der Waals surface area (Å²) < 4.78 is 11.3. The van der Waals surface area contributed by atoms with Crippen LogP contribution < -0.4 is 11.1 Å². The van der Waals surface area contributed by atoms with Gasteiger partial charge in [0.1, 0.15) is 0 Å². The van der Waals surface area contributed by atoms with Gasteiger partial charge in [-0.15, -0.1) is 0 Å². The third kappa shape index (κ3) is 4.42. The zero-order valence-electron chi connectivity index (χ0n) is 12.1. The topological polar surface area (TPSA) is 72.2 Å². The molecule has 0 radical (unpaired) electrons. The third-order valence-corrected chi connectivity index (χ3v) is 4.85. The van der Waals surface area contributed by atoms with Crippen molar-refractivity contribution in [2.24, 2.45) is 5.73 Å². The van der Waals surface area contributed by atoms with Gasteiger partial charge < -0.3 is 11.1 Å². The highest BCUT2D eigenvalue weighted by atomic mass is 32.2. The maximum atomic E-state index is 12.4. The predicted molar refractivity (Wildman–Crippen MR) is 85.5 cm³/mol. The molecule has 0 aromatic heterocycles. The van der Waals surface area contributed by atoms with Gasteiger partial charge >= 0.3 is 0 Å². The first kappa shape index (κ1) is 15.7. The van der Waals surface area contributed by atoms with E-state index in [2.05, 4.69) is 17.2 Å². The second kappa shape index (κ2) is 7.39. The molecule has 1 fully saturated rings. The number of amides is 1. The molecule has 5 heteroatoms. The van der Waals surface area contributed by atoms with Crippen LogP contribution in [0.3, 0.4) is 0 Å². The van der Waals surface area contributed by atoms with Crippen LogP contribution in [0, 0.1) is 18.8 Å². The first-order chi connectivity index (χ1) is 10.1. The molecule has 4 nitrogen and oxygen atoms in total. The van der Waals surface area contributed by atoms with E-state index >= 15 is 0 Å². The number of rotatable bonds is 2. The van der Waals surface area contributed by atoms with Gasteiger partial charge in [-0.2, -0.15) is 0 Å². The zero-order valence-corrected chi connectivity index (χ0v) is 13.0. The lowest BCUT2D eigenvalue weighted by atomic mass is 10.0. The van der Waals surface area contributed by atoms with Crippen molar-refractivity contribution in [1.82, 2.24) is 5.32 Å². The smallest absolute Gasteiger partial charge is 0.252 e. The molecule has 0 spiro atoms. The van der Waals surface area contributed by atoms with Crippen LogP contribution in [-0.2, 0) is 10.8 Å². The maximum Gasteiger partial charge on any atom is 0.252 e. The Morgan fingerprint density at radius 2 is 2.14 bits per heavy atom. The molecular formula is C16H20N2O2S. The van der Waals surface area contributed by atoms with Crippen molar-refractivity contribution >= 4 is 16.7 Å². The Bertz CT molecular complexity index is 606. The number of carbonyl (C=O) groups excluding carboxylic acids is 1. The summed E-state index contributed by atoms with van der Waals surface area (Å²) in [6, 6.07) is 5.70. The molecule has 1 aliphatic heterocycles. The number of nitrogens with two attached hydrogens (primary N) is 1. The van der Waals surface area contributed by atoms with Crippen molar-refractivity contribution in [3.05, 3.63) is 34.9 Å². The fraction of sp³-hybridized carbons (Fsp3) is 0.438. The van der Waals surface area contributed by atoms with E-state index in [0.717, 1.165) is 18.4 Å². The van der Waals surface area contributed by atoms with Crippen molar-refractivity contribution in [3.63, 3.8) is 0 Å². The highest BCUT2D eigenvalue weighted by Crippen LogP contribution is 2.14. The normalized spacial score (nSPS) is 21.2. The summed E-state index contributed by atoms with van der Waals surface area (Å²) in [7, 11) is -0.720. The highest BCUT2D eigenvalue weighted by molar-refractivity contribution is 7.85. The van der Waals surface area contributed by atoms with Gasteiger partial charge in [-0.05, 0) is 37.5 Å². The first-order valence-corrected chi connectivity index (χ1v) is 8.54. The van der Waals surface area contributed by atoms with E-state index in [1.54, 1.807) is 6.07 Å². The van der Waals surface area contributed by atoms with Crippen LogP contribution in [0.5, 0.6) is 0 Å². The Kier molecular flexibility index (Phi) is 5.54. The molecule has 1 saturated heterocycles. The molecule has 0 saturated carbocycles. The number of hydrogen-bond acceptors (Lipinski definition) is 3. The standard InChI is InChI=1S/C16H20N2O2S/c1-12-4-5-15(13(11-12)3-2-8-17)16(19)18-14-6-9-21(20)10-7-14/h4-5,11,14H,6-10,17H2,1H3,(H,18,19). The molecule has 1 aromatic rings. The molecule has 1 heterocycles. The van der Waals surface area contributed by atoms with Gasteiger partial charge in [0.15, 0.2) is 0 Å². The van der Waals surface area contributed by atoms with Crippen molar-refractivity contribution in [1.29, 1.82) is 0 Å². The predicted octanol–water partition coefficient (Wildman–Crippen LogP) is 0.946. The molecule has 0 bridgehead atoms. The molecule has 0 aliphatic carbocycles. The Labute approximate surface area is 127 Å². The Hall–Kier alpha value is -1.64. The van der Waals surface area contributed by atoms with Crippen molar-refractivity contribution < 1.29 is 9.00 Å². The Morgan fingerprint density at radius 3 is 2.81 bits per heavy atom. The molecule has 0 unspecified atom stereocenters. The van der Waals surface area contributed by atoms with Gasteiger partial charge in [0, 0.05) is 33.9 Å². The largest absolute Gasteiger partial charge is 0.349 e. The number of hydrogen-bond donors (Lipinski definition) is 2. The minimum Gasteiger partial charge on any atom is -0.349 e. The van der Waals surface area contributed by atoms with Crippen molar-refractivity contribution in [3.8, 4) is 11.8 Å². The van der Waals surface area contributed by atoms with E-state index in [0.29, 0.717) is 22.6 Å². The van der Waals surface area contributed by atoms with Crippen molar-refractivity contribution in [2.75, 3.05) is 18.1 Å². The van der Waals surface area contributed by atoms with E-state index in [9.17, 15) is 9.00 Å². The van der Waals surface area contributed by atoms with E-state index in [-0.39, 0.29) is 18.5 Å². The molecule has 2 rings (SSSR count). The van der Waals surface area contributed by atoms with Gasteiger partial charge in [-0.25, -0.2) is 0 Å². The summed E-state index contributed by atoms with van der Waals surface area (Å²) in [5, 5.41) is 3.02. The van der Waals surface area contributed by atoms with Crippen LogP contribution in [0.15, 0.2) is 18.2 Å². The first-order valence-electron chi connectivity index (χ1n) is 7.05. The van der Waals surface area contributed by atoms with E-state index < -0.39 is 10.8 Å². The summed E-state index contributed by atoms with van der Waals surface area (Å²) in [5.41, 5.74) is 7.74. The van der Waals surface area contributed by atoms with Crippen molar-refractivity contribution in [2.45, 2.75) is 25.8 Å². The molecule has 1 aromatic carbocycles. The molecular weight excluding hydrogens is 284 g/mol. The lowest BCUT2D eigenvalue weighted by molar-refractivity contribution is 0.0934. The molecule has 3 N–H and O–H groups in total. The molecule has 0 atom stereocenters. The highest BCUT2D eigenvalue weighted by Gasteiger charge is 2.21. The molecule has 1 amide bonds. The minimum atomic E-state index is -0.720. The van der Waals surface area contributed by atoms with Crippen LogP contribution in [0.1, 0.15) is 34.3 Å². The summed E-state index contributed by atoms with van der Waals surface area (Å²) in [6.07, 6.45) is 1.54. The number of carbonyl (C=O) groups is 1. The Morgan fingerprint density at radius 1 is 1.43 bits per heavy atom. The van der Waals surface area contributed by atoms with Crippen LogP contribution in [0.25, 0.3) is 0 Å². The Balaban J connectivity index is 2.13. The van der Waals surface area contributed by atoms with Crippen LogP contribution >= 0.6 is 0 Å². The number of benzene rings is 1. The second-order valence-corrected chi connectivity index (χ2v) is 6.85. The second-order valence-electron chi connectivity index (χ2n) is 5.15. The molecule has 1 aliphatic rings. The zero-order chi connectivity index (χ0) is 15.2. The lowest BCUT2D eigenvalue weighted by Gasteiger charge is -2.22. The van der Waals surface area contributed by atoms with Gasteiger partial charge in [0.2, 0.25) is 0 Å². The molecule has 21 heavy (non-hydrogen) atoms. The summed E-state index contributed by atoms with van der Waals surface area (Å²) in [4.78, 5) is 12.4. The van der Waals surface area contributed by atoms with Gasteiger partial charge in [-0.3, -0.25) is 9.00 Å². The van der Waals surface area contributed by atoms with E-state index in [1.165, 1.54) is 0 Å².